The van der Waals surface area contributed by atoms with Gasteiger partial charge in [-0.2, -0.15) is 13.2 Å². The van der Waals surface area contributed by atoms with Crippen LogP contribution in [0.15, 0.2) is 11.6 Å². The van der Waals surface area contributed by atoms with E-state index in [1.54, 1.807) is 0 Å². The molecule has 0 spiro atoms. The van der Waals surface area contributed by atoms with Crippen LogP contribution >= 0.6 is 0 Å². The molecule has 0 aromatic rings. The van der Waals surface area contributed by atoms with Crippen LogP contribution in [-0.4, -0.2) is 62.8 Å². The van der Waals surface area contributed by atoms with E-state index in [0.717, 1.165) is 51.8 Å². The zero-order valence-corrected chi connectivity index (χ0v) is 17.9. The minimum Gasteiger partial charge on any atom is -0.377 e. The highest BCUT2D eigenvalue weighted by Gasteiger charge is 2.43. The minimum absolute atomic E-state index is 0.0498. The Morgan fingerprint density at radius 2 is 2.03 bits per heavy atom. The molecular formula is C22H37F3N4O. The lowest BCUT2D eigenvalue weighted by molar-refractivity contribution is -0.127. The summed E-state index contributed by atoms with van der Waals surface area (Å²) in [6.45, 7) is 4.01. The molecule has 1 saturated carbocycles. The predicted octanol–water partition coefficient (Wildman–Crippen LogP) is 2.69. The van der Waals surface area contributed by atoms with Gasteiger partial charge in [-0.25, -0.2) is 0 Å². The molecule has 172 valence electrons. The number of piperidine rings is 1. The second-order valence-electron chi connectivity index (χ2n) is 9.70. The van der Waals surface area contributed by atoms with Crippen molar-refractivity contribution < 1.29 is 17.9 Å². The maximum Gasteiger partial charge on any atom is 0.401 e. The van der Waals surface area contributed by atoms with Gasteiger partial charge in [-0.05, 0) is 64.3 Å². The molecule has 4 N–H and O–H groups in total. The fraction of sp³-hybridized carbons (Fsp3) is 0.909. The van der Waals surface area contributed by atoms with Gasteiger partial charge < -0.3 is 15.4 Å². The molecule has 7 unspecified atom stereocenters. The molecule has 0 amide bonds. The molecule has 0 bridgehead atoms. The van der Waals surface area contributed by atoms with Crippen LogP contribution in [-0.2, 0) is 4.74 Å². The summed E-state index contributed by atoms with van der Waals surface area (Å²) in [6.07, 6.45) is 5.59. The van der Waals surface area contributed by atoms with E-state index in [-0.39, 0.29) is 18.2 Å². The first-order valence-corrected chi connectivity index (χ1v) is 11.7. The van der Waals surface area contributed by atoms with Gasteiger partial charge in [-0.1, -0.05) is 11.6 Å². The zero-order chi connectivity index (χ0) is 21.1. The first-order valence-electron chi connectivity index (χ1n) is 11.7. The van der Waals surface area contributed by atoms with Crippen LogP contribution in [0, 0.1) is 11.8 Å². The van der Waals surface area contributed by atoms with E-state index < -0.39 is 12.7 Å². The summed E-state index contributed by atoms with van der Waals surface area (Å²) < 4.78 is 44.1. The van der Waals surface area contributed by atoms with Crippen LogP contribution in [0.25, 0.3) is 0 Å². The van der Waals surface area contributed by atoms with Crippen LogP contribution in [0.5, 0.6) is 0 Å². The molecule has 0 radical (unpaired) electrons. The summed E-state index contributed by atoms with van der Waals surface area (Å²) in [5.74, 6) is 1.04. The molecule has 1 aliphatic carbocycles. The number of fused-ring (bicyclic) bond motifs is 1. The Labute approximate surface area is 177 Å². The Morgan fingerprint density at radius 3 is 2.87 bits per heavy atom. The molecule has 8 heteroatoms. The molecule has 2 saturated heterocycles. The van der Waals surface area contributed by atoms with E-state index in [9.17, 15) is 13.2 Å². The number of hydrogen-bond acceptors (Lipinski definition) is 5. The molecule has 3 aliphatic heterocycles. The summed E-state index contributed by atoms with van der Waals surface area (Å²) in [6, 6.07) is 0.457. The summed E-state index contributed by atoms with van der Waals surface area (Å²) in [5, 5.41) is 13.5. The van der Waals surface area contributed by atoms with Crippen LogP contribution in [0.2, 0.25) is 0 Å². The van der Waals surface area contributed by atoms with Gasteiger partial charge in [0.05, 0.1) is 18.8 Å². The number of nitrogens with one attached hydrogen (secondary N) is 4. The van der Waals surface area contributed by atoms with E-state index in [0.29, 0.717) is 30.4 Å². The van der Waals surface area contributed by atoms with Gasteiger partial charge in [-0.15, -0.1) is 0 Å². The molecule has 0 aromatic carbocycles. The number of halogens is 3. The van der Waals surface area contributed by atoms with Crippen molar-refractivity contribution in [1.82, 2.24) is 21.3 Å². The third-order valence-corrected chi connectivity index (χ3v) is 7.26. The summed E-state index contributed by atoms with van der Waals surface area (Å²) in [5.41, 5.74) is 1.54. The highest BCUT2D eigenvalue weighted by Crippen LogP contribution is 2.42. The molecule has 30 heavy (non-hydrogen) atoms. The zero-order valence-electron chi connectivity index (χ0n) is 17.9. The molecule has 3 heterocycles. The van der Waals surface area contributed by atoms with Crippen molar-refractivity contribution >= 4 is 0 Å². The lowest BCUT2D eigenvalue weighted by Gasteiger charge is -2.43. The number of rotatable bonds is 5. The molecule has 3 fully saturated rings. The van der Waals surface area contributed by atoms with Gasteiger partial charge >= 0.3 is 6.18 Å². The first kappa shape index (κ1) is 22.5. The molecule has 5 nitrogen and oxygen atoms in total. The summed E-state index contributed by atoms with van der Waals surface area (Å²) >= 11 is 0. The molecule has 4 aliphatic rings. The Hall–Kier alpha value is -0.670. The average Bonchev–Trinajstić information content (AvgIpc) is 2.98. The van der Waals surface area contributed by atoms with Crippen LogP contribution in [0.1, 0.15) is 51.9 Å². The number of alkyl halides is 3. The highest BCUT2D eigenvalue weighted by molar-refractivity contribution is 5.15. The SMILES string of the molecule is CC1CC(NCC(F)(F)F)CC(NC2CC3CCOC3C(C3=CCNCCC3)C2)N1. The largest absolute Gasteiger partial charge is 0.401 e. The van der Waals surface area contributed by atoms with Crippen molar-refractivity contribution in [2.45, 2.75) is 88.4 Å². The number of hydrogen-bond donors (Lipinski definition) is 4. The third kappa shape index (κ3) is 5.97. The van der Waals surface area contributed by atoms with Crippen LogP contribution < -0.4 is 21.3 Å². The second-order valence-corrected chi connectivity index (χ2v) is 9.70. The van der Waals surface area contributed by atoms with E-state index >= 15 is 0 Å². The van der Waals surface area contributed by atoms with Crippen LogP contribution in [0.4, 0.5) is 13.2 Å². The van der Waals surface area contributed by atoms with E-state index in [4.69, 9.17) is 4.74 Å². The van der Waals surface area contributed by atoms with Gasteiger partial charge in [0, 0.05) is 37.2 Å². The lowest BCUT2D eigenvalue weighted by atomic mass is 9.72. The highest BCUT2D eigenvalue weighted by atomic mass is 19.4. The maximum atomic E-state index is 12.6. The van der Waals surface area contributed by atoms with Crippen molar-refractivity contribution in [3.8, 4) is 0 Å². The third-order valence-electron chi connectivity index (χ3n) is 7.26. The van der Waals surface area contributed by atoms with Gasteiger partial charge in [0.15, 0.2) is 0 Å². The first-order chi connectivity index (χ1) is 14.4. The van der Waals surface area contributed by atoms with E-state index in [1.165, 1.54) is 12.0 Å². The maximum absolute atomic E-state index is 12.6. The Balaban J connectivity index is 1.37. The molecular weight excluding hydrogens is 393 g/mol. The van der Waals surface area contributed by atoms with Crippen molar-refractivity contribution in [1.29, 1.82) is 0 Å². The van der Waals surface area contributed by atoms with Crippen molar-refractivity contribution in [3.63, 3.8) is 0 Å². The normalized spacial score (nSPS) is 40.5. The van der Waals surface area contributed by atoms with E-state index in [1.807, 2.05) is 0 Å². The molecule has 4 rings (SSSR count). The predicted molar refractivity (Wildman–Crippen MR) is 111 cm³/mol. The van der Waals surface area contributed by atoms with Crippen molar-refractivity contribution in [2.24, 2.45) is 11.8 Å². The standard InChI is InChI=1S/C22H37F3N4O/c1-14-9-17(27-13-22(23,24)25)12-20(28-14)29-18-10-16-5-8-30-21(16)19(11-18)15-3-2-6-26-7-4-15/h4,14,16-21,26-29H,2-3,5-13H2,1H3. The number of ether oxygens (including phenoxy) is 1. The van der Waals surface area contributed by atoms with Gasteiger partial charge in [0.2, 0.25) is 0 Å². The van der Waals surface area contributed by atoms with Gasteiger partial charge in [0.25, 0.3) is 0 Å². The van der Waals surface area contributed by atoms with Crippen molar-refractivity contribution in [2.75, 3.05) is 26.2 Å². The summed E-state index contributed by atoms with van der Waals surface area (Å²) in [7, 11) is 0. The Morgan fingerprint density at radius 1 is 1.17 bits per heavy atom. The second kappa shape index (κ2) is 9.86. The van der Waals surface area contributed by atoms with E-state index in [2.05, 4.69) is 34.3 Å². The minimum atomic E-state index is -4.16. The summed E-state index contributed by atoms with van der Waals surface area (Å²) in [4.78, 5) is 0. The quantitative estimate of drug-likeness (QED) is 0.506. The topological polar surface area (TPSA) is 57.4 Å². The molecule has 7 atom stereocenters. The molecule has 0 aromatic heterocycles. The smallest absolute Gasteiger partial charge is 0.377 e. The van der Waals surface area contributed by atoms with Crippen LogP contribution in [0.3, 0.4) is 0 Å². The Kier molecular flexibility index (Phi) is 7.40. The fourth-order valence-electron chi connectivity index (χ4n) is 6.03. The lowest BCUT2D eigenvalue weighted by Crippen LogP contribution is -2.60. The van der Waals surface area contributed by atoms with Gasteiger partial charge in [-0.3, -0.25) is 10.6 Å². The Bertz CT molecular complexity index is 599. The fourth-order valence-corrected chi connectivity index (χ4v) is 6.03. The monoisotopic (exact) mass is 430 g/mol. The average molecular weight is 431 g/mol. The van der Waals surface area contributed by atoms with Crippen molar-refractivity contribution in [3.05, 3.63) is 11.6 Å². The van der Waals surface area contributed by atoms with Gasteiger partial charge in [0.1, 0.15) is 0 Å².